The van der Waals surface area contributed by atoms with Gasteiger partial charge in [-0.1, -0.05) is 96.6 Å². The Morgan fingerprint density at radius 2 is 1.11 bits per heavy atom. The smallest absolute Gasteiger partial charge is 0.306 e. The Bertz CT molecular complexity index is 938. The first-order chi connectivity index (χ1) is 25.6. The van der Waals surface area contributed by atoms with Crippen molar-refractivity contribution in [1.29, 1.82) is 0 Å². The lowest BCUT2D eigenvalue weighted by molar-refractivity contribution is -0.332. The van der Waals surface area contributed by atoms with Crippen LogP contribution >= 0.6 is 0 Å². The molecule has 0 amide bonds. The van der Waals surface area contributed by atoms with Gasteiger partial charge in [0.15, 0.2) is 12.6 Å². The van der Waals surface area contributed by atoms with Gasteiger partial charge < -0.3 is 64.2 Å². The zero-order valence-electron chi connectivity index (χ0n) is 32.3. The maximum absolute atomic E-state index is 12.3. The zero-order chi connectivity index (χ0) is 38.8. The molecule has 2 aliphatic heterocycles. The molecule has 11 unspecified atom stereocenters. The van der Waals surface area contributed by atoms with Gasteiger partial charge in [0.05, 0.1) is 26.4 Å². The minimum Gasteiger partial charge on any atom is -0.457 e. The van der Waals surface area contributed by atoms with Crippen LogP contribution < -0.4 is 0 Å². The zero-order valence-corrected chi connectivity index (χ0v) is 32.3. The Hall–Kier alpha value is -1.27. The van der Waals surface area contributed by atoms with Crippen LogP contribution in [0.2, 0.25) is 0 Å². The molecule has 0 aromatic rings. The molecule has 0 radical (unpaired) electrons. The van der Waals surface area contributed by atoms with Gasteiger partial charge in [-0.25, -0.2) is 0 Å². The summed E-state index contributed by atoms with van der Waals surface area (Å²) in [7, 11) is 0. The molecule has 0 aromatic heterocycles. The third kappa shape index (κ3) is 19.0. The van der Waals surface area contributed by atoms with Gasteiger partial charge in [0.25, 0.3) is 0 Å². The predicted molar refractivity (Wildman–Crippen MR) is 197 cm³/mol. The standard InChI is InChI=1S/C39H72O14/c1-3-5-6-7-8-9-10-11-12-13-14-15-16-17-18-19-20-21-23-48-25-28(51-31(41)22-4-2)26-49-38-37(47)35(45)33(43)30(53-38)27-50-39-36(46)34(44)32(42)29(24-40)52-39/h11-12,28-30,32-40,42-47H,3-10,13-27H2,1-2H3/b12-11-. The summed E-state index contributed by atoms with van der Waals surface area (Å²) in [6.07, 6.45) is 9.05. The molecule has 14 nitrogen and oxygen atoms in total. The van der Waals surface area contributed by atoms with E-state index in [0.29, 0.717) is 13.0 Å². The average molecular weight is 765 g/mol. The SMILES string of the molecule is CCCCCCCC/C=C\CCCCCCCCCCOCC(COC1OC(COC2OC(CO)C(O)C(O)C2O)C(O)C(O)C1O)OC(=O)CCC. The van der Waals surface area contributed by atoms with Crippen LogP contribution in [0.4, 0.5) is 0 Å². The molecular formula is C39H72O14. The van der Waals surface area contributed by atoms with Crippen molar-refractivity contribution in [2.24, 2.45) is 0 Å². The van der Waals surface area contributed by atoms with Crippen molar-refractivity contribution in [2.45, 2.75) is 197 Å². The Morgan fingerprint density at radius 3 is 1.68 bits per heavy atom. The Morgan fingerprint density at radius 1 is 0.604 bits per heavy atom. The number of carbonyl (C=O) groups is 1. The molecule has 2 fully saturated rings. The van der Waals surface area contributed by atoms with E-state index in [1.807, 2.05) is 6.92 Å². The van der Waals surface area contributed by atoms with Crippen molar-refractivity contribution in [1.82, 2.24) is 0 Å². The summed E-state index contributed by atoms with van der Waals surface area (Å²) in [5, 5.41) is 71.1. The normalized spacial score (nSPS) is 29.8. The monoisotopic (exact) mass is 764 g/mol. The van der Waals surface area contributed by atoms with Crippen LogP contribution in [-0.4, -0.2) is 142 Å². The number of unbranched alkanes of at least 4 members (excludes halogenated alkanes) is 14. The van der Waals surface area contributed by atoms with E-state index in [2.05, 4.69) is 19.1 Å². The highest BCUT2D eigenvalue weighted by atomic mass is 16.7. The first kappa shape index (κ1) is 47.9. The Labute approximate surface area is 316 Å². The largest absolute Gasteiger partial charge is 0.457 e. The summed E-state index contributed by atoms with van der Waals surface area (Å²) in [5.41, 5.74) is 0. The van der Waals surface area contributed by atoms with E-state index in [4.69, 9.17) is 28.4 Å². The Kier molecular flexibility index (Phi) is 26.2. The first-order valence-corrected chi connectivity index (χ1v) is 20.3. The van der Waals surface area contributed by atoms with Gasteiger partial charge in [0, 0.05) is 13.0 Å². The molecule has 0 aromatic carbocycles. The summed E-state index contributed by atoms with van der Waals surface area (Å²) < 4.78 is 33.5. The molecule has 2 aliphatic rings. The second-order valence-corrected chi connectivity index (χ2v) is 14.5. The quantitative estimate of drug-likeness (QED) is 0.0318. The van der Waals surface area contributed by atoms with Crippen molar-refractivity contribution in [3.63, 3.8) is 0 Å². The number of ether oxygens (including phenoxy) is 6. The van der Waals surface area contributed by atoms with Crippen LogP contribution in [0.3, 0.4) is 0 Å². The third-order valence-electron chi connectivity index (χ3n) is 9.74. The highest BCUT2D eigenvalue weighted by molar-refractivity contribution is 5.69. The van der Waals surface area contributed by atoms with E-state index in [1.165, 1.54) is 83.5 Å². The third-order valence-corrected chi connectivity index (χ3v) is 9.74. The molecule has 2 saturated heterocycles. The summed E-state index contributed by atoms with van der Waals surface area (Å²) in [6, 6.07) is 0. The van der Waals surface area contributed by atoms with Crippen molar-refractivity contribution in [2.75, 3.05) is 33.0 Å². The van der Waals surface area contributed by atoms with Gasteiger partial charge in [0.1, 0.15) is 54.9 Å². The topological polar surface area (TPSA) is 214 Å². The summed E-state index contributed by atoms with van der Waals surface area (Å²) >= 11 is 0. The average Bonchev–Trinajstić information content (AvgIpc) is 3.15. The second kappa shape index (κ2) is 29.0. The number of hydrogen-bond donors (Lipinski definition) is 7. The molecule has 0 aliphatic carbocycles. The van der Waals surface area contributed by atoms with Gasteiger partial charge in [0.2, 0.25) is 0 Å². The van der Waals surface area contributed by atoms with Gasteiger partial charge in [-0.2, -0.15) is 0 Å². The number of allylic oxidation sites excluding steroid dienone is 2. The molecule has 2 rings (SSSR count). The van der Waals surface area contributed by atoms with E-state index in [-0.39, 0.29) is 19.6 Å². The number of aliphatic hydroxyl groups excluding tert-OH is 7. The minimum atomic E-state index is -1.70. The lowest BCUT2D eigenvalue weighted by atomic mass is 9.98. The highest BCUT2D eigenvalue weighted by Crippen LogP contribution is 2.26. The van der Waals surface area contributed by atoms with Crippen LogP contribution in [0.15, 0.2) is 12.2 Å². The molecule has 2 heterocycles. The van der Waals surface area contributed by atoms with Gasteiger partial charge in [-0.15, -0.1) is 0 Å². The predicted octanol–water partition coefficient (Wildman–Crippen LogP) is 3.17. The molecule has 7 N–H and O–H groups in total. The number of aliphatic hydroxyl groups is 7. The second-order valence-electron chi connectivity index (χ2n) is 14.5. The van der Waals surface area contributed by atoms with Gasteiger partial charge >= 0.3 is 5.97 Å². The molecular weight excluding hydrogens is 692 g/mol. The van der Waals surface area contributed by atoms with E-state index < -0.39 is 86.7 Å². The maximum atomic E-state index is 12.3. The van der Waals surface area contributed by atoms with Crippen LogP contribution in [0.1, 0.15) is 129 Å². The molecule has 312 valence electrons. The van der Waals surface area contributed by atoms with Crippen molar-refractivity contribution in [3.05, 3.63) is 12.2 Å². The highest BCUT2D eigenvalue weighted by Gasteiger charge is 2.47. The van der Waals surface area contributed by atoms with Crippen LogP contribution in [0, 0.1) is 0 Å². The Balaban J connectivity index is 1.66. The summed E-state index contributed by atoms with van der Waals surface area (Å²) in [6.45, 7) is 3.28. The van der Waals surface area contributed by atoms with E-state index in [9.17, 15) is 40.5 Å². The van der Waals surface area contributed by atoms with Crippen molar-refractivity contribution in [3.8, 4) is 0 Å². The van der Waals surface area contributed by atoms with E-state index in [0.717, 1.165) is 19.3 Å². The number of rotatable bonds is 30. The molecule has 11 atom stereocenters. The number of hydrogen-bond acceptors (Lipinski definition) is 14. The van der Waals surface area contributed by atoms with Crippen LogP contribution in [-0.2, 0) is 33.2 Å². The van der Waals surface area contributed by atoms with Crippen LogP contribution in [0.5, 0.6) is 0 Å². The molecule has 0 saturated carbocycles. The van der Waals surface area contributed by atoms with E-state index in [1.54, 1.807) is 0 Å². The van der Waals surface area contributed by atoms with Gasteiger partial charge in [-0.3, -0.25) is 4.79 Å². The summed E-state index contributed by atoms with van der Waals surface area (Å²) in [5.74, 6) is -0.430. The number of esters is 1. The number of carbonyl (C=O) groups excluding carboxylic acids is 1. The fourth-order valence-electron chi connectivity index (χ4n) is 6.37. The molecule has 53 heavy (non-hydrogen) atoms. The molecule has 0 spiro atoms. The van der Waals surface area contributed by atoms with Gasteiger partial charge in [-0.05, 0) is 38.5 Å². The lowest BCUT2D eigenvalue weighted by Crippen LogP contribution is -2.61. The van der Waals surface area contributed by atoms with Crippen LogP contribution in [0.25, 0.3) is 0 Å². The van der Waals surface area contributed by atoms with Crippen molar-refractivity contribution < 1.29 is 69.0 Å². The first-order valence-electron chi connectivity index (χ1n) is 20.3. The maximum Gasteiger partial charge on any atom is 0.306 e. The lowest BCUT2D eigenvalue weighted by Gasteiger charge is -2.42. The molecule has 14 heteroatoms. The molecule has 0 bridgehead atoms. The summed E-state index contributed by atoms with van der Waals surface area (Å²) in [4.78, 5) is 12.3. The van der Waals surface area contributed by atoms with E-state index >= 15 is 0 Å². The fourth-order valence-corrected chi connectivity index (χ4v) is 6.37. The minimum absolute atomic E-state index is 0.0561. The fraction of sp³-hybridized carbons (Fsp3) is 0.923. The van der Waals surface area contributed by atoms with Crippen molar-refractivity contribution >= 4 is 5.97 Å².